The molecule has 4 N–H and O–H groups in total. The molecule has 0 aromatic heterocycles. The Morgan fingerprint density at radius 2 is 2.05 bits per heavy atom. The highest BCUT2D eigenvalue weighted by atomic mass is 16.4. The molecule has 0 atom stereocenters. The molecule has 6 heteroatoms. The highest BCUT2D eigenvalue weighted by Gasteiger charge is 2.51. The molecule has 1 amide bonds. The molecule has 0 heterocycles. The number of carbonyl (C=O) groups excluding carboxylic acids is 1. The number of rotatable bonds is 6. The van der Waals surface area contributed by atoms with Gasteiger partial charge in [0.1, 0.15) is 5.41 Å². The van der Waals surface area contributed by atoms with Gasteiger partial charge in [-0.1, -0.05) is 11.6 Å². The zero-order valence-corrected chi connectivity index (χ0v) is 11.2. The molecule has 2 aliphatic rings. The summed E-state index contributed by atoms with van der Waals surface area (Å²) in [5.41, 5.74) is 4.95. The Labute approximate surface area is 113 Å². The van der Waals surface area contributed by atoms with Crippen molar-refractivity contribution in [3.05, 3.63) is 0 Å². The van der Waals surface area contributed by atoms with Crippen molar-refractivity contribution in [2.24, 2.45) is 16.3 Å². The highest BCUT2D eigenvalue weighted by Crippen LogP contribution is 2.44. The third-order valence-corrected chi connectivity index (χ3v) is 4.55. The maximum absolute atomic E-state index is 12.8. The number of amidine groups is 1. The van der Waals surface area contributed by atoms with Crippen LogP contribution in [-0.2, 0) is 4.79 Å². The zero-order valence-electron chi connectivity index (χ0n) is 11.2. The lowest BCUT2D eigenvalue weighted by atomic mass is 9.66. The normalized spacial score (nSPS) is 22.5. The van der Waals surface area contributed by atoms with Crippen LogP contribution in [0.5, 0.6) is 0 Å². The van der Waals surface area contributed by atoms with Gasteiger partial charge < -0.3 is 20.9 Å². The predicted molar refractivity (Wildman–Crippen MR) is 70.7 cm³/mol. The largest absolute Gasteiger partial charge is 0.409 e. The monoisotopic (exact) mass is 269 g/mol. The van der Waals surface area contributed by atoms with E-state index in [2.05, 4.69) is 5.16 Å². The maximum atomic E-state index is 12.8. The highest BCUT2D eigenvalue weighted by molar-refractivity contribution is 6.07. The van der Waals surface area contributed by atoms with Crippen molar-refractivity contribution < 1.29 is 15.1 Å². The molecule has 2 aliphatic carbocycles. The third-order valence-electron chi connectivity index (χ3n) is 4.55. The molecule has 108 valence electrons. The summed E-state index contributed by atoms with van der Waals surface area (Å²) in [5, 5.41) is 20.9. The molecule has 0 aromatic carbocycles. The Morgan fingerprint density at radius 1 is 1.37 bits per heavy atom. The summed E-state index contributed by atoms with van der Waals surface area (Å²) in [6.07, 6.45) is 6.00. The Hall–Kier alpha value is -1.30. The lowest BCUT2D eigenvalue weighted by Gasteiger charge is -2.46. The molecular formula is C13H23N3O3. The van der Waals surface area contributed by atoms with Crippen molar-refractivity contribution in [2.45, 2.75) is 51.0 Å². The van der Waals surface area contributed by atoms with Crippen LogP contribution in [0.25, 0.3) is 0 Å². The number of hydrogen-bond donors (Lipinski definition) is 3. The lowest BCUT2D eigenvalue weighted by molar-refractivity contribution is -0.146. The second kappa shape index (κ2) is 5.77. The number of nitrogens with two attached hydrogens (primary N) is 1. The average molecular weight is 269 g/mol. The van der Waals surface area contributed by atoms with E-state index < -0.39 is 5.41 Å². The Bertz CT molecular complexity index is 362. The number of hydrogen-bond acceptors (Lipinski definition) is 4. The van der Waals surface area contributed by atoms with E-state index in [1.54, 1.807) is 0 Å². The van der Waals surface area contributed by atoms with Crippen LogP contribution in [0.1, 0.15) is 44.9 Å². The quantitative estimate of drug-likeness (QED) is 0.285. The van der Waals surface area contributed by atoms with Crippen LogP contribution >= 0.6 is 0 Å². The molecule has 2 fully saturated rings. The predicted octanol–water partition coefficient (Wildman–Crippen LogP) is 0.667. The number of nitrogens with zero attached hydrogens (tertiary/aromatic N) is 2. The minimum absolute atomic E-state index is 0.0211. The van der Waals surface area contributed by atoms with Crippen molar-refractivity contribution >= 4 is 11.7 Å². The fourth-order valence-electron chi connectivity index (χ4n) is 2.87. The minimum atomic E-state index is -0.792. The van der Waals surface area contributed by atoms with Crippen LogP contribution in [0.15, 0.2) is 5.16 Å². The van der Waals surface area contributed by atoms with Crippen molar-refractivity contribution in [3.63, 3.8) is 0 Å². The zero-order chi connectivity index (χ0) is 13.9. The van der Waals surface area contributed by atoms with E-state index in [0.29, 0.717) is 25.8 Å². The van der Waals surface area contributed by atoms with Crippen LogP contribution in [0.4, 0.5) is 0 Å². The summed E-state index contributed by atoms with van der Waals surface area (Å²) >= 11 is 0. The average Bonchev–Trinajstić information content (AvgIpc) is 2.29. The van der Waals surface area contributed by atoms with Gasteiger partial charge in [0, 0.05) is 19.2 Å². The van der Waals surface area contributed by atoms with Gasteiger partial charge >= 0.3 is 0 Å². The van der Waals surface area contributed by atoms with Gasteiger partial charge in [0.25, 0.3) is 0 Å². The molecule has 0 radical (unpaired) electrons. The van der Waals surface area contributed by atoms with E-state index in [4.69, 9.17) is 16.0 Å². The Kier molecular flexibility index (Phi) is 4.29. The SMILES string of the molecule is NC(=NO)C1(C(=O)N(CCCO)C2CCC2)CCC1. The number of oxime groups is 1. The molecular weight excluding hydrogens is 246 g/mol. The van der Waals surface area contributed by atoms with Crippen molar-refractivity contribution in [1.29, 1.82) is 0 Å². The van der Waals surface area contributed by atoms with Crippen LogP contribution < -0.4 is 5.73 Å². The van der Waals surface area contributed by atoms with E-state index in [1.165, 1.54) is 0 Å². The minimum Gasteiger partial charge on any atom is -0.409 e. The van der Waals surface area contributed by atoms with Crippen LogP contribution in [0.3, 0.4) is 0 Å². The van der Waals surface area contributed by atoms with E-state index in [9.17, 15) is 4.79 Å². The number of amides is 1. The second-order valence-electron chi connectivity index (χ2n) is 5.58. The molecule has 0 unspecified atom stereocenters. The van der Waals surface area contributed by atoms with Gasteiger partial charge in [-0.2, -0.15) is 0 Å². The molecule has 2 saturated carbocycles. The first-order valence-corrected chi connectivity index (χ1v) is 7.05. The van der Waals surface area contributed by atoms with Gasteiger partial charge in [-0.25, -0.2) is 0 Å². The van der Waals surface area contributed by atoms with Crippen LogP contribution in [-0.4, -0.2) is 46.1 Å². The first-order chi connectivity index (χ1) is 9.15. The molecule has 2 rings (SSSR count). The molecule has 0 spiro atoms. The fourth-order valence-corrected chi connectivity index (χ4v) is 2.87. The van der Waals surface area contributed by atoms with Crippen LogP contribution in [0.2, 0.25) is 0 Å². The summed E-state index contributed by atoms with van der Waals surface area (Å²) in [4.78, 5) is 14.6. The number of carbonyl (C=O) groups is 1. The topological polar surface area (TPSA) is 99.2 Å². The maximum Gasteiger partial charge on any atom is 0.236 e. The Balaban J connectivity index is 2.13. The Morgan fingerprint density at radius 3 is 2.42 bits per heavy atom. The van der Waals surface area contributed by atoms with Gasteiger partial charge in [-0.3, -0.25) is 4.79 Å². The van der Waals surface area contributed by atoms with Crippen molar-refractivity contribution in [3.8, 4) is 0 Å². The van der Waals surface area contributed by atoms with Gasteiger partial charge in [-0.05, 0) is 38.5 Å². The molecule has 0 aliphatic heterocycles. The van der Waals surface area contributed by atoms with Crippen molar-refractivity contribution in [2.75, 3.05) is 13.2 Å². The van der Waals surface area contributed by atoms with E-state index >= 15 is 0 Å². The first kappa shape index (κ1) is 14.1. The first-order valence-electron chi connectivity index (χ1n) is 7.05. The summed E-state index contributed by atoms with van der Waals surface area (Å²) in [6, 6.07) is 0.267. The third kappa shape index (κ3) is 2.41. The summed E-state index contributed by atoms with van der Waals surface area (Å²) in [7, 11) is 0. The van der Waals surface area contributed by atoms with Gasteiger partial charge in [0.15, 0.2) is 5.84 Å². The van der Waals surface area contributed by atoms with Crippen molar-refractivity contribution in [1.82, 2.24) is 4.90 Å². The number of aliphatic hydroxyl groups excluding tert-OH is 1. The smallest absolute Gasteiger partial charge is 0.236 e. The fraction of sp³-hybridized carbons (Fsp3) is 0.846. The summed E-state index contributed by atoms with van der Waals surface area (Å²) in [5.74, 6) is 0.0178. The summed E-state index contributed by atoms with van der Waals surface area (Å²) in [6.45, 7) is 0.632. The van der Waals surface area contributed by atoms with Crippen LogP contribution in [0, 0.1) is 5.41 Å². The standard InChI is InChI=1S/C13H23N3O3/c14-11(15-19)13(6-2-7-13)12(18)16(8-3-9-17)10-4-1-5-10/h10,17,19H,1-9H2,(H2,14,15). The van der Waals surface area contributed by atoms with E-state index in [0.717, 1.165) is 25.7 Å². The molecule has 0 aromatic rings. The summed E-state index contributed by atoms with van der Waals surface area (Å²) < 4.78 is 0. The molecule has 19 heavy (non-hydrogen) atoms. The van der Waals surface area contributed by atoms with Gasteiger partial charge in [-0.15, -0.1) is 0 Å². The number of aliphatic hydroxyl groups is 1. The van der Waals surface area contributed by atoms with E-state index in [-0.39, 0.29) is 24.4 Å². The molecule has 0 bridgehead atoms. The lowest BCUT2D eigenvalue weighted by Crippen LogP contribution is -2.58. The molecule has 6 nitrogen and oxygen atoms in total. The van der Waals surface area contributed by atoms with E-state index in [1.807, 2.05) is 4.90 Å². The molecule has 0 saturated heterocycles. The van der Waals surface area contributed by atoms with Gasteiger partial charge in [0.2, 0.25) is 5.91 Å². The second-order valence-corrected chi connectivity index (χ2v) is 5.58. The van der Waals surface area contributed by atoms with Gasteiger partial charge in [0.05, 0.1) is 0 Å².